The van der Waals surface area contributed by atoms with Crippen LogP contribution in [0, 0.1) is 0 Å². The van der Waals surface area contributed by atoms with E-state index in [0.29, 0.717) is 0 Å². The van der Waals surface area contributed by atoms with Crippen LogP contribution in [0.2, 0.25) is 0 Å². The van der Waals surface area contributed by atoms with Crippen molar-refractivity contribution in [3.8, 4) is 22.3 Å². The van der Waals surface area contributed by atoms with Gasteiger partial charge in [-0.25, -0.2) is 0 Å². The summed E-state index contributed by atoms with van der Waals surface area (Å²) in [5, 5.41) is 5.08. The van der Waals surface area contributed by atoms with Crippen LogP contribution >= 0.6 is 0 Å². The number of hydrogen-bond donors (Lipinski definition) is 0. The number of nitrogens with zero attached hydrogens (tertiary/aromatic N) is 4. The van der Waals surface area contributed by atoms with Crippen LogP contribution < -0.4 is 9.80 Å². The maximum absolute atomic E-state index is 2.35. The first-order valence-corrected chi connectivity index (χ1v) is 20.6. The Morgan fingerprint density at radius 2 is 0.583 bits per heavy atom. The quantitative estimate of drug-likeness (QED) is 0.153. The molecule has 0 spiro atoms. The van der Waals surface area contributed by atoms with Crippen molar-refractivity contribution in [3.05, 3.63) is 218 Å². The normalized spacial score (nSPS) is 11.5. The molecule has 0 bridgehead atoms. The van der Waals surface area contributed by atoms with Crippen LogP contribution in [0.15, 0.2) is 218 Å². The van der Waals surface area contributed by atoms with E-state index in [-0.39, 0.29) is 0 Å². The summed E-state index contributed by atoms with van der Waals surface area (Å²) in [7, 11) is 4.32. The predicted octanol–water partition coefficient (Wildman–Crippen LogP) is 15.2. The van der Waals surface area contributed by atoms with Gasteiger partial charge in [0.15, 0.2) is 0 Å². The first kappa shape index (κ1) is 35.4. The van der Waals surface area contributed by atoms with E-state index in [0.717, 1.165) is 34.1 Å². The predicted molar refractivity (Wildman–Crippen MR) is 255 cm³/mol. The Morgan fingerprint density at radius 3 is 1.00 bits per heavy atom. The van der Waals surface area contributed by atoms with Gasteiger partial charge in [-0.3, -0.25) is 0 Å². The van der Waals surface area contributed by atoms with Crippen molar-refractivity contribution in [1.29, 1.82) is 0 Å². The van der Waals surface area contributed by atoms with E-state index in [2.05, 4.69) is 251 Å². The summed E-state index contributed by atoms with van der Waals surface area (Å²) < 4.78 is 4.60. The molecule has 11 aromatic rings. The molecule has 11 rings (SSSR count). The lowest BCUT2D eigenvalue weighted by Crippen LogP contribution is -2.10. The van der Waals surface area contributed by atoms with Crippen LogP contribution in [0.3, 0.4) is 0 Å². The fourth-order valence-corrected chi connectivity index (χ4v) is 9.19. The molecule has 60 heavy (non-hydrogen) atoms. The number of aromatic nitrogens is 2. The minimum Gasteiger partial charge on any atom is -0.344 e. The highest BCUT2D eigenvalue weighted by molar-refractivity contribution is 6.10. The zero-order valence-corrected chi connectivity index (χ0v) is 33.6. The fourth-order valence-electron chi connectivity index (χ4n) is 9.19. The third-order valence-electron chi connectivity index (χ3n) is 12.1. The molecular weight excluding hydrogens is 729 g/mol. The second-order valence-electron chi connectivity index (χ2n) is 15.5. The van der Waals surface area contributed by atoms with Gasteiger partial charge in [0.25, 0.3) is 0 Å². The molecule has 4 heteroatoms. The topological polar surface area (TPSA) is 16.3 Å². The van der Waals surface area contributed by atoms with E-state index in [4.69, 9.17) is 0 Å². The molecule has 2 heterocycles. The number of para-hydroxylation sites is 4. The van der Waals surface area contributed by atoms with Gasteiger partial charge in [0, 0.05) is 80.8 Å². The van der Waals surface area contributed by atoms with Gasteiger partial charge in [0.2, 0.25) is 0 Å². The van der Waals surface area contributed by atoms with Crippen molar-refractivity contribution >= 4 is 77.7 Å². The Kier molecular flexibility index (Phi) is 8.56. The molecule has 286 valence electrons. The largest absolute Gasteiger partial charge is 0.344 e. The van der Waals surface area contributed by atoms with E-state index in [1.54, 1.807) is 0 Å². The Bertz CT molecular complexity index is 3100. The Morgan fingerprint density at radius 1 is 0.267 bits per heavy atom. The van der Waals surface area contributed by atoms with Crippen LogP contribution in [-0.2, 0) is 14.1 Å². The molecule has 2 aromatic heterocycles. The van der Waals surface area contributed by atoms with Crippen LogP contribution in [-0.4, -0.2) is 9.13 Å². The summed E-state index contributed by atoms with van der Waals surface area (Å²) in [6.45, 7) is 0. The van der Waals surface area contributed by atoms with Gasteiger partial charge >= 0.3 is 0 Å². The molecule has 4 nitrogen and oxygen atoms in total. The molecule has 0 atom stereocenters. The molecule has 0 aliphatic carbocycles. The molecule has 0 N–H and O–H groups in total. The highest BCUT2D eigenvalue weighted by Crippen LogP contribution is 2.42. The maximum Gasteiger partial charge on any atom is 0.0509 e. The molecule has 0 aliphatic rings. The summed E-state index contributed by atoms with van der Waals surface area (Å²) in [5.74, 6) is 0. The van der Waals surface area contributed by atoms with Gasteiger partial charge < -0.3 is 18.9 Å². The number of anilines is 6. The molecular formula is C56H42N4. The molecule has 0 saturated heterocycles. The van der Waals surface area contributed by atoms with Crippen LogP contribution in [0.1, 0.15) is 0 Å². The number of rotatable bonds is 8. The second kappa shape index (κ2) is 14.5. The van der Waals surface area contributed by atoms with Crippen molar-refractivity contribution in [2.75, 3.05) is 9.80 Å². The number of fused-ring (bicyclic) bond motifs is 6. The molecule has 0 radical (unpaired) electrons. The van der Waals surface area contributed by atoms with Gasteiger partial charge in [-0.05, 0) is 107 Å². The SMILES string of the molecule is Cn1c2ccccc2c2ccc(N(c3ccccc3)c3ccc(-c4ccccc4-c4ccc(N(c5ccccc5)c5ccc6c7ccccc7n(C)c6c5)cc4)cc3)cc21. The molecule has 0 fully saturated rings. The monoisotopic (exact) mass is 770 g/mol. The Balaban J connectivity index is 0.944. The van der Waals surface area contributed by atoms with Crippen molar-refractivity contribution in [3.63, 3.8) is 0 Å². The number of hydrogen-bond acceptors (Lipinski definition) is 2. The third-order valence-corrected chi connectivity index (χ3v) is 12.1. The van der Waals surface area contributed by atoms with E-state index >= 15 is 0 Å². The van der Waals surface area contributed by atoms with Gasteiger partial charge in [-0.2, -0.15) is 0 Å². The molecule has 0 amide bonds. The lowest BCUT2D eigenvalue weighted by molar-refractivity contribution is 1.01. The molecule has 0 saturated carbocycles. The Labute approximate surface area is 350 Å². The zero-order valence-electron chi connectivity index (χ0n) is 33.6. The van der Waals surface area contributed by atoms with Crippen LogP contribution in [0.5, 0.6) is 0 Å². The smallest absolute Gasteiger partial charge is 0.0509 e. The molecule has 0 aliphatic heterocycles. The molecule has 9 aromatic carbocycles. The van der Waals surface area contributed by atoms with Crippen molar-refractivity contribution < 1.29 is 0 Å². The minimum atomic E-state index is 1.10. The average molecular weight is 771 g/mol. The summed E-state index contributed by atoms with van der Waals surface area (Å²) in [4.78, 5) is 4.70. The van der Waals surface area contributed by atoms with Crippen molar-refractivity contribution in [2.24, 2.45) is 14.1 Å². The highest BCUT2D eigenvalue weighted by Gasteiger charge is 2.18. The fraction of sp³-hybridized carbons (Fsp3) is 0.0357. The molecule has 0 unspecified atom stereocenters. The minimum absolute atomic E-state index is 1.10. The number of aryl methyl sites for hydroxylation is 2. The first-order valence-electron chi connectivity index (χ1n) is 20.6. The van der Waals surface area contributed by atoms with E-state index in [1.807, 2.05) is 0 Å². The van der Waals surface area contributed by atoms with Gasteiger partial charge in [0.1, 0.15) is 0 Å². The van der Waals surface area contributed by atoms with Gasteiger partial charge in [-0.1, -0.05) is 133 Å². The number of benzene rings is 9. The van der Waals surface area contributed by atoms with E-state index in [9.17, 15) is 0 Å². The van der Waals surface area contributed by atoms with Crippen LogP contribution in [0.4, 0.5) is 34.1 Å². The first-order chi connectivity index (χ1) is 29.6. The lowest BCUT2D eigenvalue weighted by atomic mass is 9.94. The summed E-state index contributed by atoms with van der Waals surface area (Å²) in [5.41, 5.74) is 16.3. The third kappa shape index (κ3) is 5.92. The van der Waals surface area contributed by atoms with Crippen molar-refractivity contribution in [1.82, 2.24) is 9.13 Å². The Hall–Kier alpha value is -7.82. The van der Waals surface area contributed by atoms with E-state index in [1.165, 1.54) is 65.9 Å². The lowest BCUT2D eigenvalue weighted by Gasteiger charge is -2.26. The summed E-state index contributed by atoms with van der Waals surface area (Å²) in [6.07, 6.45) is 0. The summed E-state index contributed by atoms with van der Waals surface area (Å²) in [6, 6.07) is 79.0. The van der Waals surface area contributed by atoms with E-state index < -0.39 is 0 Å². The zero-order chi connectivity index (χ0) is 40.2. The average Bonchev–Trinajstić information content (AvgIpc) is 3.77. The van der Waals surface area contributed by atoms with Gasteiger partial charge in [0.05, 0.1) is 11.0 Å². The van der Waals surface area contributed by atoms with Gasteiger partial charge in [-0.15, -0.1) is 0 Å². The van der Waals surface area contributed by atoms with Crippen LogP contribution in [0.25, 0.3) is 65.9 Å². The summed E-state index contributed by atoms with van der Waals surface area (Å²) >= 11 is 0. The van der Waals surface area contributed by atoms with Crippen molar-refractivity contribution in [2.45, 2.75) is 0 Å². The standard InChI is InChI=1S/C56H42N4/c1-57-53-23-13-11-21-49(53)51-35-33-45(37-55(51)57)59(41-15-5-3-6-16-41)43-29-25-39(26-30-43)47-19-9-10-20-48(47)40-27-31-44(32-28-40)60(42-17-7-4-8-18-42)46-34-36-52-50-22-12-14-24-54(50)58(2)56(52)38-46/h3-38H,1-2H3. The highest BCUT2D eigenvalue weighted by atomic mass is 15.1. The maximum atomic E-state index is 2.35. The second-order valence-corrected chi connectivity index (χ2v) is 15.5.